The molecule has 0 radical (unpaired) electrons. The number of aliphatic imine (C=N–C) groups is 1. The number of nitrogens with zero attached hydrogens (tertiary/aromatic N) is 1. The molecule has 8 heteroatoms. The summed E-state index contributed by atoms with van der Waals surface area (Å²) < 4.78 is 0. The average molecular weight is 519 g/mol. The smallest absolute Gasteiger partial charge is 0.239 e. The Hall–Kier alpha value is -1.45. The number of carbonyl (C=O) groups excluding carboxylic acids is 1. The van der Waals surface area contributed by atoms with Gasteiger partial charge in [-0.3, -0.25) is 9.79 Å². The number of benzene rings is 2. The highest BCUT2D eigenvalue weighted by molar-refractivity contribution is 14.0. The number of rotatable bonds is 8. The highest BCUT2D eigenvalue weighted by Crippen LogP contribution is 2.19. The van der Waals surface area contributed by atoms with E-state index in [4.69, 9.17) is 11.6 Å². The van der Waals surface area contributed by atoms with Crippen LogP contribution in [0.4, 0.5) is 0 Å². The van der Waals surface area contributed by atoms with Crippen LogP contribution in [0.25, 0.3) is 0 Å². The van der Waals surface area contributed by atoms with E-state index in [-0.39, 0.29) is 36.4 Å². The largest absolute Gasteiger partial charge is 0.356 e. The van der Waals surface area contributed by atoms with Crippen molar-refractivity contribution in [3.8, 4) is 0 Å². The van der Waals surface area contributed by atoms with E-state index in [2.05, 4.69) is 20.9 Å². The molecule has 0 unspecified atom stereocenters. The lowest BCUT2D eigenvalue weighted by Crippen LogP contribution is -2.43. The first-order chi connectivity index (χ1) is 12.7. The van der Waals surface area contributed by atoms with Gasteiger partial charge in [-0.25, -0.2) is 0 Å². The first kappa shape index (κ1) is 23.6. The molecule has 0 bridgehead atoms. The maximum Gasteiger partial charge on any atom is 0.239 e. The van der Waals surface area contributed by atoms with Gasteiger partial charge >= 0.3 is 0 Å². The van der Waals surface area contributed by atoms with Crippen molar-refractivity contribution in [2.75, 3.05) is 25.9 Å². The van der Waals surface area contributed by atoms with Crippen LogP contribution < -0.4 is 16.0 Å². The van der Waals surface area contributed by atoms with Gasteiger partial charge in [-0.2, -0.15) is 0 Å². The summed E-state index contributed by atoms with van der Waals surface area (Å²) in [5.41, 5.74) is 1.07. The molecule has 27 heavy (non-hydrogen) atoms. The van der Waals surface area contributed by atoms with Crippen molar-refractivity contribution >= 4 is 59.2 Å². The molecule has 0 fully saturated rings. The van der Waals surface area contributed by atoms with Crippen LogP contribution in [-0.4, -0.2) is 37.8 Å². The molecule has 0 aliphatic heterocycles. The van der Waals surface area contributed by atoms with Crippen LogP contribution in [-0.2, 0) is 11.3 Å². The topological polar surface area (TPSA) is 65.5 Å². The molecule has 2 rings (SSSR count). The highest BCUT2D eigenvalue weighted by Gasteiger charge is 2.03. The molecule has 0 saturated heterocycles. The van der Waals surface area contributed by atoms with E-state index in [1.807, 2.05) is 54.6 Å². The van der Waals surface area contributed by atoms with Gasteiger partial charge in [-0.1, -0.05) is 41.9 Å². The van der Waals surface area contributed by atoms with E-state index in [0.717, 1.165) is 22.9 Å². The number of amides is 1. The fraction of sp³-hybridized carbons (Fsp3) is 0.263. The van der Waals surface area contributed by atoms with E-state index >= 15 is 0 Å². The Kier molecular flexibility index (Phi) is 12.0. The van der Waals surface area contributed by atoms with Crippen LogP contribution in [0.5, 0.6) is 0 Å². The second-order valence-electron chi connectivity index (χ2n) is 5.42. The first-order valence-corrected chi connectivity index (χ1v) is 9.67. The number of thioether (sulfide) groups is 1. The van der Waals surface area contributed by atoms with Crippen molar-refractivity contribution in [2.24, 2.45) is 4.99 Å². The fourth-order valence-electron chi connectivity index (χ4n) is 2.11. The van der Waals surface area contributed by atoms with Gasteiger partial charge in [0.2, 0.25) is 5.91 Å². The van der Waals surface area contributed by atoms with Crippen molar-refractivity contribution < 1.29 is 4.79 Å². The van der Waals surface area contributed by atoms with Gasteiger partial charge < -0.3 is 16.0 Å². The number of nitrogens with one attached hydrogen (secondary N) is 3. The number of hydrogen-bond acceptors (Lipinski definition) is 3. The first-order valence-electron chi connectivity index (χ1n) is 8.31. The Morgan fingerprint density at radius 2 is 1.74 bits per heavy atom. The molecular formula is C19H24ClIN4OS. The second kappa shape index (κ2) is 13.7. The molecule has 2 aromatic carbocycles. The zero-order valence-electron chi connectivity index (χ0n) is 15.1. The Balaban J connectivity index is 0.00000364. The van der Waals surface area contributed by atoms with E-state index < -0.39 is 0 Å². The lowest BCUT2D eigenvalue weighted by molar-refractivity contribution is -0.120. The minimum atomic E-state index is -0.0765. The number of halogens is 2. The summed E-state index contributed by atoms with van der Waals surface area (Å²) in [7, 11) is 1.68. The molecule has 0 saturated carbocycles. The molecule has 2 aromatic rings. The van der Waals surface area contributed by atoms with Crippen molar-refractivity contribution in [2.45, 2.75) is 11.4 Å². The molecule has 0 spiro atoms. The monoisotopic (exact) mass is 518 g/mol. The van der Waals surface area contributed by atoms with Gasteiger partial charge in [0.05, 0.1) is 6.54 Å². The van der Waals surface area contributed by atoms with Gasteiger partial charge in [-0.15, -0.1) is 35.7 Å². The fourth-order valence-corrected chi connectivity index (χ4v) is 3.01. The average Bonchev–Trinajstić information content (AvgIpc) is 2.68. The molecule has 146 valence electrons. The molecule has 0 aliphatic carbocycles. The van der Waals surface area contributed by atoms with E-state index in [9.17, 15) is 4.79 Å². The molecule has 0 aromatic heterocycles. The Morgan fingerprint density at radius 3 is 2.41 bits per heavy atom. The summed E-state index contributed by atoms with van der Waals surface area (Å²) in [6, 6.07) is 17.6. The predicted molar refractivity (Wildman–Crippen MR) is 125 cm³/mol. The van der Waals surface area contributed by atoms with Gasteiger partial charge in [0.15, 0.2) is 5.96 Å². The van der Waals surface area contributed by atoms with Gasteiger partial charge in [0, 0.05) is 35.8 Å². The molecular weight excluding hydrogens is 495 g/mol. The summed E-state index contributed by atoms with van der Waals surface area (Å²) in [5.74, 6) is 1.41. The summed E-state index contributed by atoms with van der Waals surface area (Å²) >= 11 is 7.60. The van der Waals surface area contributed by atoms with Gasteiger partial charge in [0.25, 0.3) is 0 Å². The number of guanidine groups is 1. The third kappa shape index (κ3) is 9.88. The lowest BCUT2D eigenvalue weighted by atomic mass is 10.2. The summed E-state index contributed by atoms with van der Waals surface area (Å²) in [5, 5.41) is 9.82. The third-order valence-electron chi connectivity index (χ3n) is 3.45. The number of carbonyl (C=O) groups is 1. The van der Waals surface area contributed by atoms with Gasteiger partial charge in [0.1, 0.15) is 0 Å². The highest BCUT2D eigenvalue weighted by atomic mass is 127. The quantitative estimate of drug-likeness (QED) is 0.164. The van der Waals surface area contributed by atoms with Crippen molar-refractivity contribution in [1.29, 1.82) is 0 Å². The van der Waals surface area contributed by atoms with Crippen molar-refractivity contribution in [1.82, 2.24) is 16.0 Å². The third-order valence-corrected chi connectivity index (χ3v) is 4.72. The molecule has 0 aliphatic rings. The van der Waals surface area contributed by atoms with Crippen LogP contribution in [0.3, 0.4) is 0 Å². The molecule has 1 amide bonds. The molecule has 3 N–H and O–H groups in total. The number of hydrogen-bond donors (Lipinski definition) is 3. The maximum absolute atomic E-state index is 11.9. The maximum atomic E-state index is 11.9. The standard InChI is InChI=1S/C19H23ClN4OS.HI/c1-21-19(22-11-12-26-17-9-7-16(20)8-10-17)24-14-18(25)23-13-15-5-3-2-4-6-15;/h2-10H,11-14H2,1H3,(H,23,25)(H2,21,22,24);1H. The Labute approximate surface area is 186 Å². The molecule has 0 heterocycles. The normalized spacial score (nSPS) is 10.7. The zero-order chi connectivity index (χ0) is 18.6. The second-order valence-corrected chi connectivity index (χ2v) is 7.02. The summed E-state index contributed by atoms with van der Waals surface area (Å²) in [6.07, 6.45) is 0. The van der Waals surface area contributed by atoms with E-state index in [0.29, 0.717) is 12.5 Å². The Morgan fingerprint density at radius 1 is 1.04 bits per heavy atom. The van der Waals surface area contributed by atoms with E-state index in [1.165, 1.54) is 4.90 Å². The minimum absolute atomic E-state index is 0. The molecule has 0 atom stereocenters. The van der Waals surface area contributed by atoms with Crippen LogP contribution in [0, 0.1) is 0 Å². The summed E-state index contributed by atoms with van der Waals surface area (Å²) in [4.78, 5) is 17.2. The SMILES string of the molecule is CN=C(NCCSc1ccc(Cl)cc1)NCC(=O)NCc1ccccc1.I. The van der Waals surface area contributed by atoms with Crippen LogP contribution >= 0.6 is 47.3 Å². The molecule has 5 nitrogen and oxygen atoms in total. The predicted octanol–water partition coefficient (Wildman–Crippen LogP) is 3.53. The summed E-state index contributed by atoms with van der Waals surface area (Å²) in [6.45, 7) is 1.43. The van der Waals surface area contributed by atoms with Crippen molar-refractivity contribution in [3.63, 3.8) is 0 Å². The Bertz CT molecular complexity index is 713. The van der Waals surface area contributed by atoms with Crippen LogP contribution in [0.1, 0.15) is 5.56 Å². The van der Waals surface area contributed by atoms with Crippen molar-refractivity contribution in [3.05, 3.63) is 65.2 Å². The zero-order valence-corrected chi connectivity index (χ0v) is 19.0. The van der Waals surface area contributed by atoms with E-state index in [1.54, 1.807) is 18.8 Å². The van der Waals surface area contributed by atoms with Crippen LogP contribution in [0.2, 0.25) is 5.02 Å². The minimum Gasteiger partial charge on any atom is -0.356 e. The lowest BCUT2D eigenvalue weighted by Gasteiger charge is -2.12. The van der Waals surface area contributed by atoms with Gasteiger partial charge in [-0.05, 0) is 29.8 Å². The van der Waals surface area contributed by atoms with Crippen LogP contribution in [0.15, 0.2) is 64.5 Å².